The Kier molecular flexibility index (Phi) is 3.50. The second-order valence-electron chi connectivity index (χ2n) is 2.39. The van der Waals surface area contributed by atoms with Crippen molar-refractivity contribution in [2.75, 3.05) is 7.11 Å². The van der Waals surface area contributed by atoms with Gasteiger partial charge in [-0.1, -0.05) is 0 Å². The minimum absolute atomic E-state index is 0.132. The molecule has 0 unspecified atom stereocenters. The molecule has 78 valence electrons. The second kappa shape index (κ2) is 4.85. The van der Waals surface area contributed by atoms with Crippen LogP contribution in [0.25, 0.3) is 0 Å². The Bertz CT molecular complexity index is 387. The summed E-state index contributed by atoms with van der Waals surface area (Å²) in [5, 5.41) is 0. The molecule has 1 heterocycles. The van der Waals surface area contributed by atoms with E-state index in [0.29, 0.717) is 0 Å². The van der Waals surface area contributed by atoms with E-state index in [9.17, 15) is 14.4 Å². The van der Waals surface area contributed by atoms with Gasteiger partial charge in [0.25, 0.3) is 0 Å². The maximum atomic E-state index is 11.0. The van der Waals surface area contributed by atoms with Gasteiger partial charge in [0.1, 0.15) is 5.75 Å². The van der Waals surface area contributed by atoms with Crippen molar-refractivity contribution >= 4 is 17.7 Å². The summed E-state index contributed by atoms with van der Waals surface area (Å²) in [5.74, 6) is -3.76. The number of ether oxygens (including phenoxy) is 2. The molecule has 1 rings (SSSR count). The van der Waals surface area contributed by atoms with Crippen molar-refractivity contribution in [3.63, 3.8) is 0 Å². The molecule has 0 N–H and O–H groups in total. The van der Waals surface area contributed by atoms with Crippen LogP contribution in [0.4, 0.5) is 0 Å². The fraction of sp³-hybridized carbons (Fsp3) is 0.111. The highest BCUT2D eigenvalue weighted by molar-refractivity contribution is 6.60. The molecule has 6 nitrogen and oxygen atoms in total. The number of Topliss-reactive ketones (excluding diaryl/α,β-unsaturated/α-hetero) is 1. The number of carbonyl (C=O) groups is 3. The first kappa shape index (κ1) is 10.8. The van der Waals surface area contributed by atoms with Crippen molar-refractivity contribution in [2.45, 2.75) is 0 Å². The van der Waals surface area contributed by atoms with Gasteiger partial charge in [-0.3, -0.25) is 9.78 Å². The molecule has 0 bridgehead atoms. The third-order valence-corrected chi connectivity index (χ3v) is 1.42. The van der Waals surface area contributed by atoms with E-state index in [-0.39, 0.29) is 5.75 Å². The van der Waals surface area contributed by atoms with Crippen LogP contribution >= 0.6 is 0 Å². The summed E-state index contributed by atoms with van der Waals surface area (Å²) in [6.45, 7) is 0. The van der Waals surface area contributed by atoms with E-state index in [1.807, 2.05) is 0 Å². The van der Waals surface area contributed by atoms with Crippen LogP contribution in [-0.2, 0) is 19.1 Å². The van der Waals surface area contributed by atoms with E-state index in [0.717, 1.165) is 7.11 Å². The molecule has 0 fully saturated rings. The first-order chi connectivity index (χ1) is 7.15. The van der Waals surface area contributed by atoms with Gasteiger partial charge in [-0.15, -0.1) is 0 Å². The summed E-state index contributed by atoms with van der Waals surface area (Å²) in [4.78, 5) is 36.3. The Morgan fingerprint density at radius 1 is 1.13 bits per heavy atom. The summed E-state index contributed by atoms with van der Waals surface area (Å²) in [6.07, 6.45) is 2.76. The highest BCUT2D eigenvalue weighted by Gasteiger charge is 2.25. The Morgan fingerprint density at radius 2 is 1.73 bits per heavy atom. The third kappa shape index (κ3) is 2.87. The standard InChI is InChI=1S/C9H7NO5/c1-14-8(12)7(11)9(13)15-6-2-4-10-5-3-6/h2-5H,1H3. The van der Waals surface area contributed by atoms with Crippen molar-refractivity contribution in [1.29, 1.82) is 0 Å². The summed E-state index contributed by atoms with van der Waals surface area (Å²) >= 11 is 0. The minimum atomic E-state index is -1.35. The van der Waals surface area contributed by atoms with E-state index >= 15 is 0 Å². The molecule has 0 aliphatic heterocycles. The molecule has 1 aromatic rings. The van der Waals surface area contributed by atoms with Crippen molar-refractivity contribution in [3.8, 4) is 5.75 Å². The van der Waals surface area contributed by atoms with E-state index < -0.39 is 17.7 Å². The van der Waals surface area contributed by atoms with Crippen molar-refractivity contribution in [2.24, 2.45) is 0 Å². The van der Waals surface area contributed by atoms with E-state index in [1.165, 1.54) is 24.5 Å². The predicted molar refractivity (Wildman–Crippen MR) is 46.9 cm³/mol. The molecular formula is C9H7NO5. The lowest BCUT2D eigenvalue weighted by Gasteiger charge is -2.00. The summed E-state index contributed by atoms with van der Waals surface area (Å²) < 4.78 is 8.64. The molecular weight excluding hydrogens is 202 g/mol. The number of pyridine rings is 1. The van der Waals surface area contributed by atoms with Gasteiger partial charge in [-0.25, -0.2) is 9.59 Å². The highest BCUT2D eigenvalue weighted by Crippen LogP contribution is 2.06. The molecule has 0 saturated heterocycles. The molecule has 0 aliphatic rings. The van der Waals surface area contributed by atoms with Gasteiger partial charge in [0.05, 0.1) is 7.11 Å². The van der Waals surface area contributed by atoms with Crippen LogP contribution in [0.15, 0.2) is 24.5 Å². The number of hydrogen-bond donors (Lipinski definition) is 0. The number of ketones is 1. The monoisotopic (exact) mass is 209 g/mol. The number of nitrogens with zero attached hydrogens (tertiary/aromatic N) is 1. The van der Waals surface area contributed by atoms with Crippen LogP contribution in [0.2, 0.25) is 0 Å². The van der Waals surface area contributed by atoms with E-state index in [1.54, 1.807) is 0 Å². The molecule has 0 radical (unpaired) electrons. The quantitative estimate of drug-likeness (QED) is 0.387. The molecule has 0 aliphatic carbocycles. The predicted octanol–water partition coefficient (Wildman–Crippen LogP) is -0.271. The Morgan fingerprint density at radius 3 is 2.27 bits per heavy atom. The zero-order valence-electron chi connectivity index (χ0n) is 7.80. The van der Waals surface area contributed by atoms with Crippen molar-refractivity contribution < 1.29 is 23.9 Å². The second-order valence-corrected chi connectivity index (χ2v) is 2.39. The molecule has 0 spiro atoms. The Labute approximate surface area is 84.8 Å². The maximum Gasteiger partial charge on any atom is 0.392 e. The number of aromatic nitrogens is 1. The van der Waals surface area contributed by atoms with Gasteiger partial charge in [0.2, 0.25) is 0 Å². The highest BCUT2D eigenvalue weighted by atomic mass is 16.6. The average Bonchev–Trinajstić information content (AvgIpc) is 2.28. The fourth-order valence-corrected chi connectivity index (χ4v) is 0.736. The first-order valence-corrected chi connectivity index (χ1v) is 3.89. The Balaban J connectivity index is 2.65. The molecule has 0 atom stereocenters. The van der Waals surface area contributed by atoms with Crippen LogP contribution in [0, 0.1) is 0 Å². The lowest BCUT2D eigenvalue weighted by atomic mass is 10.4. The average molecular weight is 209 g/mol. The van der Waals surface area contributed by atoms with Gasteiger partial charge in [-0.2, -0.15) is 0 Å². The number of carbonyl (C=O) groups excluding carboxylic acids is 3. The van der Waals surface area contributed by atoms with Crippen molar-refractivity contribution in [1.82, 2.24) is 4.98 Å². The van der Waals surface area contributed by atoms with E-state index in [2.05, 4.69) is 14.5 Å². The number of esters is 2. The SMILES string of the molecule is COC(=O)C(=O)C(=O)Oc1ccncc1. The first-order valence-electron chi connectivity index (χ1n) is 3.89. The minimum Gasteiger partial charge on any atom is -0.463 e. The van der Waals surface area contributed by atoms with Crippen LogP contribution in [0.5, 0.6) is 5.75 Å². The zero-order valence-corrected chi connectivity index (χ0v) is 7.80. The lowest BCUT2D eigenvalue weighted by molar-refractivity contribution is -0.159. The van der Waals surface area contributed by atoms with Gasteiger partial charge in [0, 0.05) is 12.4 Å². The fourth-order valence-electron chi connectivity index (χ4n) is 0.736. The lowest BCUT2D eigenvalue weighted by Crippen LogP contribution is -2.29. The van der Waals surface area contributed by atoms with Gasteiger partial charge >= 0.3 is 17.7 Å². The number of methoxy groups -OCH3 is 1. The molecule has 15 heavy (non-hydrogen) atoms. The molecule has 6 heteroatoms. The van der Waals surface area contributed by atoms with E-state index in [4.69, 9.17) is 0 Å². The van der Waals surface area contributed by atoms with Gasteiger partial charge in [-0.05, 0) is 12.1 Å². The van der Waals surface area contributed by atoms with Gasteiger partial charge < -0.3 is 9.47 Å². The van der Waals surface area contributed by atoms with Crippen LogP contribution in [0.1, 0.15) is 0 Å². The number of rotatable bonds is 3. The van der Waals surface area contributed by atoms with Crippen LogP contribution < -0.4 is 4.74 Å². The molecule has 1 aromatic heterocycles. The van der Waals surface area contributed by atoms with Crippen molar-refractivity contribution in [3.05, 3.63) is 24.5 Å². The molecule has 0 aromatic carbocycles. The summed E-state index contributed by atoms with van der Waals surface area (Å²) in [5.41, 5.74) is 0. The van der Waals surface area contributed by atoms with Gasteiger partial charge in [0.15, 0.2) is 0 Å². The smallest absolute Gasteiger partial charge is 0.392 e. The topological polar surface area (TPSA) is 82.6 Å². The number of hydrogen-bond acceptors (Lipinski definition) is 6. The van der Waals surface area contributed by atoms with Crippen LogP contribution in [-0.4, -0.2) is 29.8 Å². The summed E-state index contributed by atoms with van der Waals surface area (Å²) in [6, 6.07) is 2.75. The Hall–Kier alpha value is -2.24. The zero-order chi connectivity index (χ0) is 11.3. The molecule has 0 saturated carbocycles. The normalized spacial score (nSPS) is 9.13. The summed E-state index contributed by atoms with van der Waals surface area (Å²) in [7, 11) is 1.000. The third-order valence-electron chi connectivity index (χ3n) is 1.42. The molecule has 0 amide bonds. The largest absolute Gasteiger partial charge is 0.463 e. The maximum absolute atomic E-state index is 11.0. The van der Waals surface area contributed by atoms with Crippen LogP contribution in [0.3, 0.4) is 0 Å².